The van der Waals surface area contributed by atoms with Gasteiger partial charge in [0, 0.05) is 17.7 Å². The van der Waals surface area contributed by atoms with E-state index in [1.165, 1.54) is 40.3 Å². The fourth-order valence-electron chi connectivity index (χ4n) is 3.42. The molecule has 4 aromatic rings. The Kier molecular flexibility index (Phi) is 5.75. The lowest BCUT2D eigenvalue weighted by Gasteiger charge is -2.18. The van der Waals surface area contributed by atoms with Crippen LogP contribution in [0.2, 0.25) is 0 Å². The molecule has 0 radical (unpaired) electrons. The monoisotopic (exact) mass is 461 g/mol. The Bertz CT molecular complexity index is 1270. The summed E-state index contributed by atoms with van der Waals surface area (Å²) in [5, 5.41) is 9.41. The molecule has 0 bridgehead atoms. The van der Waals surface area contributed by atoms with Gasteiger partial charge in [0.25, 0.3) is 5.91 Å². The van der Waals surface area contributed by atoms with Gasteiger partial charge in [0.05, 0.1) is 10.6 Å². The standard InChI is InChI=1S/C25H20FN3O3S/c26-17-10-8-16(9-11-17)23(24(30)27-18-12-13-18)32-25(31)21-15-20(22-7-4-14-33-22)28-29(21)19-5-2-1-3-6-19/h1-11,14-15,18,23H,12-13H2,(H,27,30). The van der Waals surface area contributed by atoms with Crippen molar-refractivity contribution in [1.82, 2.24) is 15.1 Å². The van der Waals surface area contributed by atoms with Gasteiger partial charge in [-0.2, -0.15) is 5.10 Å². The van der Waals surface area contributed by atoms with Crippen LogP contribution in [0.3, 0.4) is 0 Å². The number of amides is 1. The van der Waals surface area contributed by atoms with Crippen molar-refractivity contribution in [3.05, 3.63) is 95.3 Å². The van der Waals surface area contributed by atoms with Gasteiger partial charge in [-0.25, -0.2) is 13.9 Å². The summed E-state index contributed by atoms with van der Waals surface area (Å²) in [6.45, 7) is 0. The predicted octanol–water partition coefficient (Wildman–Crippen LogP) is 4.92. The number of para-hydroxylation sites is 1. The van der Waals surface area contributed by atoms with Gasteiger partial charge >= 0.3 is 5.97 Å². The van der Waals surface area contributed by atoms with Crippen LogP contribution in [0.1, 0.15) is 35.0 Å². The summed E-state index contributed by atoms with van der Waals surface area (Å²) in [7, 11) is 0. The lowest BCUT2D eigenvalue weighted by atomic mass is 10.1. The highest BCUT2D eigenvalue weighted by atomic mass is 32.1. The summed E-state index contributed by atoms with van der Waals surface area (Å²) in [5.41, 5.74) is 1.90. The summed E-state index contributed by atoms with van der Waals surface area (Å²) in [5.74, 6) is -1.56. The van der Waals surface area contributed by atoms with E-state index in [0.29, 0.717) is 16.9 Å². The summed E-state index contributed by atoms with van der Waals surface area (Å²) in [4.78, 5) is 27.1. The molecule has 2 heterocycles. The van der Waals surface area contributed by atoms with Gasteiger partial charge < -0.3 is 10.1 Å². The number of halogens is 1. The first kappa shape index (κ1) is 21.1. The quantitative estimate of drug-likeness (QED) is 0.397. The van der Waals surface area contributed by atoms with Gasteiger partial charge in [-0.1, -0.05) is 36.4 Å². The average Bonchev–Trinajstić information content (AvgIpc) is 3.29. The Labute approximate surface area is 193 Å². The highest BCUT2D eigenvalue weighted by molar-refractivity contribution is 7.13. The van der Waals surface area contributed by atoms with Crippen molar-refractivity contribution < 1.29 is 18.7 Å². The molecule has 1 unspecified atom stereocenters. The molecule has 166 valence electrons. The molecule has 1 amide bonds. The molecular weight excluding hydrogens is 441 g/mol. The van der Waals surface area contributed by atoms with Gasteiger partial charge in [-0.3, -0.25) is 4.79 Å². The zero-order chi connectivity index (χ0) is 22.8. The number of nitrogens with zero attached hydrogens (tertiary/aromatic N) is 2. The fourth-order valence-corrected chi connectivity index (χ4v) is 4.10. The van der Waals surface area contributed by atoms with E-state index in [1.54, 1.807) is 6.07 Å². The number of benzene rings is 2. The number of rotatable bonds is 7. The number of esters is 1. The summed E-state index contributed by atoms with van der Waals surface area (Å²) in [6, 6.07) is 20.2. The van der Waals surface area contributed by atoms with Crippen LogP contribution < -0.4 is 5.32 Å². The topological polar surface area (TPSA) is 73.2 Å². The molecule has 1 atom stereocenters. The summed E-state index contributed by atoms with van der Waals surface area (Å²) < 4.78 is 20.7. The van der Waals surface area contributed by atoms with Gasteiger partial charge in [-0.05, 0) is 48.6 Å². The largest absolute Gasteiger partial charge is 0.443 e. The molecule has 33 heavy (non-hydrogen) atoms. The second-order valence-electron chi connectivity index (χ2n) is 7.76. The smallest absolute Gasteiger partial charge is 0.358 e. The van der Waals surface area contributed by atoms with Crippen LogP contribution >= 0.6 is 11.3 Å². The van der Waals surface area contributed by atoms with Crippen molar-refractivity contribution in [3.63, 3.8) is 0 Å². The number of thiophene rings is 1. The highest BCUT2D eigenvalue weighted by Crippen LogP contribution is 2.28. The molecule has 0 aliphatic heterocycles. The molecule has 1 fully saturated rings. The third-order valence-electron chi connectivity index (χ3n) is 5.25. The van der Waals surface area contributed by atoms with Crippen molar-refractivity contribution >= 4 is 23.2 Å². The van der Waals surface area contributed by atoms with Gasteiger partial charge in [0.1, 0.15) is 11.5 Å². The Hall–Kier alpha value is -3.78. The third kappa shape index (κ3) is 4.70. The third-order valence-corrected chi connectivity index (χ3v) is 6.14. The number of hydrogen-bond acceptors (Lipinski definition) is 5. The average molecular weight is 462 g/mol. The number of carbonyl (C=O) groups is 2. The molecule has 1 aliphatic rings. The normalized spacial score (nSPS) is 14.0. The lowest BCUT2D eigenvalue weighted by Crippen LogP contribution is -2.34. The number of aromatic nitrogens is 2. The molecule has 2 aromatic heterocycles. The van der Waals surface area contributed by atoms with Crippen molar-refractivity contribution in [3.8, 4) is 16.3 Å². The van der Waals surface area contributed by atoms with Crippen molar-refractivity contribution in [2.45, 2.75) is 25.0 Å². The van der Waals surface area contributed by atoms with E-state index >= 15 is 0 Å². The van der Waals surface area contributed by atoms with Crippen LogP contribution in [-0.4, -0.2) is 27.7 Å². The molecule has 1 N–H and O–H groups in total. The zero-order valence-corrected chi connectivity index (χ0v) is 18.3. The van der Waals surface area contributed by atoms with E-state index < -0.39 is 23.8 Å². The van der Waals surface area contributed by atoms with E-state index in [1.807, 2.05) is 47.8 Å². The minimum atomic E-state index is -1.21. The Morgan fingerprint density at radius 3 is 2.48 bits per heavy atom. The first-order valence-corrected chi connectivity index (χ1v) is 11.4. The van der Waals surface area contributed by atoms with Crippen LogP contribution in [-0.2, 0) is 9.53 Å². The molecule has 6 nitrogen and oxygen atoms in total. The predicted molar refractivity (Wildman–Crippen MR) is 123 cm³/mol. The zero-order valence-electron chi connectivity index (χ0n) is 17.5. The number of nitrogens with one attached hydrogen (secondary N) is 1. The molecule has 0 saturated heterocycles. The molecule has 2 aromatic carbocycles. The highest BCUT2D eigenvalue weighted by Gasteiger charge is 2.32. The number of hydrogen-bond donors (Lipinski definition) is 1. The maximum absolute atomic E-state index is 13.5. The Morgan fingerprint density at radius 1 is 1.06 bits per heavy atom. The second-order valence-corrected chi connectivity index (χ2v) is 8.71. The molecule has 5 rings (SSSR count). The molecule has 8 heteroatoms. The minimum absolute atomic E-state index is 0.0828. The maximum atomic E-state index is 13.5. The van der Waals surface area contributed by atoms with E-state index in [-0.39, 0.29) is 11.7 Å². The van der Waals surface area contributed by atoms with E-state index in [9.17, 15) is 14.0 Å². The van der Waals surface area contributed by atoms with Crippen LogP contribution in [0, 0.1) is 5.82 Å². The van der Waals surface area contributed by atoms with Crippen LogP contribution in [0.4, 0.5) is 4.39 Å². The summed E-state index contributed by atoms with van der Waals surface area (Å²) >= 11 is 1.51. The fraction of sp³-hybridized carbons (Fsp3) is 0.160. The Morgan fingerprint density at radius 2 is 1.82 bits per heavy atom. The van der Waals surface area contributed by atoms with Gasteiger partial charge in [-0.15, -0.1) is 11.3 Å². The minimum Gasteiger partial charge on any atom is -0.443 e. The van der Waals surface area contributed by atoms with E-state index in [2.05, 4.69) is 10.4 Å². The lowest BCUT2D eigenvalue weighted by molar-refractivity contribution is -0.130. The van der Waals surface area contributed by atoms with Crippen molar-refractivity contribution in [2.75, 3.05) is 0 Å². The van der Waals surface area contributed by atoms with Crippen LogP contribution in [0.15, 0.2) is 78.2 Å². The second kappa shape index (κ2) is 8.99. The first-order valence-electron chi connectivity index (χ1n) is 10.5. The Balaban J connectivity index is 1.50. The maximum Gasteiger partial charge on any atom is 0.358 e. The number of ether oxygens (including phenoxy) is 1. The van der Waals surface area contributed by atoms with Crippen molar-refractivity contribution in [2.24, 2.45) is 0 Å². The van der Waals surface area contributed by atoms with Crippen molar-refractivity contribution in [1.29, 1.82) is 0 Å². The van der Waals surface area contributed by atoms with Crippen LogP contribution in [0.5, 0.6) is 0 Å². The molecule has 1 saturated carbocycles. The SMILES string of the molecule is O=C(OC(C(=O)NC1CC1)c1ccc(F)cc1)c1cc(-c2cccs2)nn1-c1ccccc1. The van der Waals surface area contributed by atoms with E-state index in [0.717, 1.165) is 17.7 Å². The number of carbonyl (C=O) groups excluding carboxylic acids is 2. The summed E-state index contributed by atoms with van der Waals surface area (Å²) in [6.07, 6.45) is 0.574. The first-order chi connectivity index (χ1) is 16.1. The molecule has 0 spiro atoms. The molecule has 1 aliphatic carbocycles. The van der Waals surface area contributed by atoms with Gasteiger partial charge in [0.15, 0.2) is 5.69 Å². The van der Waals surface area contributed by atoms with Gasteiger partial charge in [0.2, 0.25) is 6.10 Å². The molecular formula is C25H20FN3O3S. The van der Waals surface area contributed by atoms with E-state index in [4.69, 9.17) is 4.74 Å². The van der Waals surface area contributed by atoms with Crippen LogP contribution in [0.25, 0.3) is 16.3 Å².